The van der Waals surface area contributed by atoms with E-state index in [1.54, 1.807) is 17.0 Å². The van der Waals surface area contributed by atoms with Crippen molar-refractivity contribution in [2.75, 3.05) is 13.2 Å². The number of benzene rings is 1. The highest BCUT2D eigenvalue weighted by atomic mass is 32.1. The van der Waals surface area contributed by atoms with Gasteiger partial charge in [-0.25, -0.2) is 4.98 Å². The van der Waals surface area contributed by atoms with Gasteiger partial charge < -0.3 is 9.64 Å². The number of carbonyl (C=O) groups is 1. The standard InChI is InChI=1S/C22H20F3N3O2S/c23-22(24,25)19-10-9-15(12-26-19)21-27-17(14-31-21)18-8-4-5-11-28(18)20(29)13-30-16-6-2-1-3-7-16/h1-3,6-7,9-10,12,14,18H,4-5,8,11,13H2. The molecule has 3 heterocycles. The number of halogens is 3. The molecule has 4 rings (SSSR count). The quantitative estimate of drug-likeness (QED) is 0.529. The van der Waals surface area contributed by atoms with Gasteiger partial charge in [0.25, 0.3) is 5.91 Å². The molecule has 162 valence electrons. The summed E-state index contributed by atoms with van der Waals surface area (Å²) < 4.78 is 43.8. The Hall–Kier alpha value is -2.94. The Kier molecular flexibility index (Phi) is 6.22. The summed E-state index contributed by atoms with van der Waals surface area (Å²) in [6.07, 6.45) is -0.623. The minimum absolute atomic E-state index is 0.0552. The van der Waals surface area contributed by atoms with Gasteiger partial charge in [0.1, 0.15) is 16.5 Å². The van der Waals surface area contributed by atoms with Gasteiger partial charge in [0, 0.05) is 23.7 Å². The molecular weight excluding hydrogens is 427 g/mol. The summed E-state index contributed by atoms with van der Waals surface area (Å²) in [6, 6.07) is 11.3. The fourth-order valence-corrected chi connectivity index (χ4v) is 4.40. The molecule has 1 saturated heterocycles. The van der Waals surface area contributed by atoms with Crippen molar-refractivity contribution in [1.29, 1.82) is 0 Å². The second kappa shape index (κ2) is 9.05. The molecule has 1 aliphatic heterocycles. The molecule has 1 aliphatic rings. The summed E-state index contributed by atoms with van der Waals surface area (Å²) in [5.74, 6) is 0.523. The number of pyridine rings is 1. The molecule has 1 amide bonds. The number of thiazole rings is 1. The molecule has 0 spiro atoms. The van der Waals surface area contributed by atoms with Crippen molar-refractivity contribution in [3.05, 3.63) is 65.4 Å². The average molecular weight is 447 g/mol. The van der Waals surface area contributed by atoms with E-state index in [-0.39, 0.29) is 18.6 Å². The molecule has 1 fully saturated rings. The molecule has 1 unspecified atom stereocenters. The zero-order valence-corrected chi connectivity index (χ0v) is 17.3. The first-order valence-corrected chi connectivity index (χ1v) is 10.8. The average Bonchev–Trinajstić information content (AvgIpc) is 3.28. The minimum Gasteiger partial charge on any atom is -0.484 e. The molecule has 0 bridgehead atoms. The maximum atomic E-state index is 12.8. The van der Waals surface area contributed by atoms with Gasteiger partial charge in [-0.05, 0) is 43.5 Å². The number of nitrogens with zero attached hydrogens (tertiary/aromatic N) is 3. The first-order chi connectivity index (χ1) is 14.9. The van der Waals surface area contributed by atoms with Gasteiger partial charge in [0.2, 0.25) is 0 Å². The topological polar surface area (TPSA) is 55.3 Å². The lowest BCUT2D eigenvalue weighted by Crippen LogP contribution is -2.41. The molecule has 1 aromatic carbocycles. The van der Waals surface area contributed by atoms with Gasteiger partial charge in [-0.15, -0.1) is 11.3 Å². The zero-order chi connectivity index (χ0) is 21.8. The third-order valence-corrected chi connectivity index (χ3v) is 6.00. The number of alkyl halides is 3. The molecule has 9 heteroatoms. The van der Waals surface area contributed by atoms with E-state index in [4.69, 9.17) is 4.74 Å². The van der Waals surface area contributed by atoms with Gasteiger partial charge >= 0.3 is 6.18 Å². The van der Waals surface area contributed by atoms with Crippen LogP contribution in [-0.4, -0.2) is 33.9 Å². The van der Waals surface area contributed by atoms with Crippen LogP contribution in [0.2, 0.25) is 0 Å². The maximum absolute atomic E-state index is 12.8. The number of amides is 1. The van der Waals surface area contributed by atoms with Crippen LogP contribution >= 0.6 is 11.3 Å². The van der Waals surface area contributed by atoms with Crippen LogP contribution in [0.3, 0.4) is 0 Å². The number of hydrogen-bond acceptors (Lipinski definition) is 5. The van der Waals surface area contributed by atoms with Crippen LogP contribution < -0.4 is 4.74 Å². The Balaban J connectivity index is 1.47. The van der Waals surface area contributed by atoms with Gasteiger partial charge in [-0.3, -0.25) is 9.78 Å². The number of piperidine rings is 1. The van der Waals surface area contributed by atoms with Crippen molar-refractivity contribution in [3.63, 3.8) is 0 Å². The summed E-state index contributed by atoms with van der Waals surface area (Å²) in [6.45, 7) is 0.566. The van der Waals surface area contributed by atoms with Gasteiger partial charge in [-0.1, -0.05) is 18.2 Å². The lowest BCUT2D eigenvalue weighted by atomic mass is 10.00. The van der Waals surface area contributed by atoms with E-state index in [1.165, 1.54) is 23.6 Å². The van der Waals surface area contributed by atoms with E-state index in [0.717, 1.165) is 31.0 Å². The summed E-state index contributed by atoms with van der Waals surface area (Å²) in [5, 5.41) is 2.44. The van der Waals surface area contributed by atoms with Crippen LogP contribution in [0.4, 0.5) is 13.2 Å². The van der Waals surface area contributed by atoms with E-state index < -0.39 is 11.9 Å². The first-order valence-electron chi connectivity index (χ1n) is 9.88. The van der Waals surface area contributed by atoms with Crippen LogP contribution in [0.5, 0.6) is 5.75 Å². The lowest BCUT2D eigenvalue weighted by Gasteiger charge is -2.34. The Bertz CT molecular complexity index is 1020. The predicted octanol–water partition coefficient (Wildman–Crippen LogP) is 5.36. The summed E-state index contributed by atoms with van der Waals surface area (Å²) >= 11 is 1.33. The van der Waals surface area contributed by atoms with Gasteiger partial charge in [0.15, 0.2) is 6.61 Å². The highest BCUT2D eigenvalue weighted by molar-refractivity contribution is 7.13. The van der Waals surface area contributed by atoms with Crippen LogP contribution in [0.25, 0.3) is 10.6 Å². The molecule has 0 radical (unpaired) electrons. The SMILES string of the molecule is O=C(COc1ccccc1)N1CCCCC1c1csc(-c2ccc(C(F)(F)F)nc2)n1. The van der Waals surface area contributed by atoms with Crippen LogP contribution in [0.1, 0.15) is 36.7 Å². The third kappa shape index (κ3) is 5.04. The largest absolute Gasteiger partial charge is 0.484 e. The van der Waals surface area contributed by atoms with Crippen LogP contribution in [-0.2, 0) is 11.0 Å². The monoisotopic (exact) mass is 447 g/mol. The minimum atomic E-state index is -4.47. The Morgan fingerprint density at radius 3 is 2.68 bits per heavy atom. The zero-order valence-electron chi connectivity index (χ0n) is 16.5. The first kappa shape index (κ1) is 21.3. The molecule has 0 saturated carbocycles. The Morgan fingerprint density at radius 2 is 1.97 bits per heavy atom. The highest BCUT2D eigenvalue weighted by Crippen LogP contribution is 2.35. The van der Waals surface area contributed by atoms with Gasteiger partial charge in [-0.2, -0.15) is 13.2 Å². The molecule has 5 nitrogen and oxygen atoms in total. The summed E-state index contributed by atoms with van der Waals surface area (Å²) in [5.41, 5.74) is 0.327. The molecule has 3 aromatic rings. The van der Waals surface area contributed by atoms with Crippen LogP contribution in [0.15, 0.2) is 54.0 Å². The number of hydrogen-bond donors (Lipinski definition) is 0. The van der Waals surface area contributed by atoms with E-state index in [2.05, 4.69) is 9.97 Å². The molecule has 31 heavy (non-hydrogen) atoms. The maximum Gasteiger partial charge on any atom is 0.433 e. The molecular formula is C22H20F3N3O2S. The van der Waals surface area contributed by atoms with Crippen molar-refractivity contribution >= 4 is 17.2 Å². The van der Waals surface area contributed by atoms with Crippen molar-refractivity contribution < 1.29 is 22.7 Å². The fraction of sp³-hybridized carbons (Fsp3) is 0.318. The van der Waals surface area contributed by atoms with Crippen molar-refractivity contribution in [2.45, 2.75) is 31.5 Å². The second-order valence-electron chi connectivity index (χ2n) is 7.21. The number of likely N-dealkylation sites (tertiary alicyclic amines) is 1. The highest BCUT2D eigenvalue weighted by Gasteiger charge is 2.33. The van der Waals surface area contributed by atoms with E-state index in [1.807, 2.05) is 23.6 Å². The fourth-order valence-electron chi connectivity index (χ4n) is 3.54. The smallest absolute Gasteiger partial charge is 0.433 e. The third-order valence-electron chi connectivity index (χ3n) is 5.09. The van der Waals surface area contributed by atoms with Crippen molar-refractivity contribution in [2.24, 2.45) is 0 Å². The summed E-state index contributed by atoms with van der Waals surface area (Å²) in [7, 11) is 0. The predicted molar refractivity (Wildman–Crippen MR) is 111 cm³/mol. The second-order valence-corrected chi connectivity index (χ2v) is 8.07. The van der Waals surface area contributed by atoms with E-state index in [9.17, 15) is 18.0 Å². The van der Waals surface area contributed by atoms with Gasteiger partial charge in [0.05, 0.1) is 11.7 Å². The van der Waals surface area contributed by atoms with E-state index in [0.29, 0.717) is 22.9 Å². The normalized spacial score (nSPS) is 16.9. The molecule has 0 aliphatic carbocycles. The van der Waals surface area contributed by atoms with Crippen molar-refractivity contribution in [3.8, 4) is 16.3 Å². The number of rotatable bonds is 5. The van der Waals surface area contributed by atoms with Crippen LogP contribution in [0, 0.1) is 0 Å². The number of aromatic nitrogens is 2. The Labute approximate surface area is 181 Å². The molecule has 1 atom stereocenters. The van der Waals surface area contributed by atoms with Crippen molar-refractivity contribution in [1.82, 2.24) is 14.9 Å². The summed E-state index contributed by atoms with van der Waals surface area (Å²) in [4.78, 5) is 22.7. The Morgan fingerprint density at radius 1 is 1.16 bits per heavy atom. The number of ether oxygens (including phenoxy) is 1. The molecule has 0 N–H and O–H groups in total. The molecule has 2 aromatic heterocycles. The number of para-hydroxylation sites is 1. The van der Waals surface area contributed by atoms with E-state index >= 15 is 0 Å². The number of carbonyl (C=O) groups excluding carboxylic acids is 1. The lowest BCUT2D eigenvalue weighted by molar-refractivity contribution is -0.141.